The topological polar surface area (TPSA) is 84.2 Å². The third-order valence-electron chi connectivity index (χ3n) is 3.17. The molecule has 4 N–H and O–H groups in total. The number of halogens is 2. The Hall–Kier alpha value is -2.96. The summed E-state index contributed by atoms with van der Waals surface area (Å²) in [6.45, 7) is 1.58. The molecule has 0 aliphatic carbocycles. The zero-order valence-corrected chi connectivity index (χ0v) is 12.3. The molecular weight excluding hydrogens is 304 g/mol. The Morgan fingerprint density at radius 1 is 1.13 bits per heavy atom. The molecule has 7 heteroatoms. The first kappa shape index (κ1) is 16.4. The fourth-order valence-electron chi connectivity index (χ4n) is 2.09. The van der Waals surface area contributed by atoms with Crippen LogP contribution in [0.25, 0.3) is 0 Å². The van der Waals surface area contributed by atoms with E-state index in [1.165, 1.54) is 18.2 Å². The molecule has 0 fully saturated rings. The molecule has 0 heterocycles. The van der Waals surface area contributed by atoms with Gasteiger partial charge in [-0.15, -0.1) is 0 Å². The van der Waals surface area contributed by atoms with Gasteiger partial charge in [0.15, 0.2) is 0 Å². The molecule has 5 nitrogen and oxygen atoms in total. The van der Waals surface area contributed by atoms with Crippen LogP contribution in [0.15, 0.2) is 42.5 Å². The minimum absolute atomic E-state index is 0.172. The van der Waals surface area contributed by atoms with E-state index in [0.717, 1.165) is 12.1 Å². The summed E-state index contributed by atoms with van der Waals surface area (Å²) in [6.07, 6.45) is 0. The lowest BCUT2D eigenvalue weighted by molar-refractivity contribution is 0.0939. The zero-order valence-electron chi connectivity index (χ0n) is 12.3. The second-order valence-corrected chi connectivity index (χ2v) is 4.93. The number of hydrogen-bond acceptors (Lipinski definition) is 2. The van der Waals surface area contributed by atoms with E-state index >= 15 is 0 Å². The van der Waals surface area contributed by atoms with Crippen molar-refractivity contribution in [3.8, 4) is 0 Å². The van der Waals surface area contributed by atoms with E-state index in [9.17, 15) is 18.4 Å². The number of nitrogens with one attached hydrogen (secondary N) is 2. The van der Waals surface area contributed by atoms with Gasteiger partial charge in [-0.05, 0) is 31.2 Å². The molecule has 3 amide bonds. The van der Waals surface area contributed by atoms with Gasteiger partial charge < -0.3 is 16.4 Å². The van der Waals surface area contributed by atoms with E-state index in [-0.39, 0.29) is 11.1 Å². The van der Waals surface area contributed by atoms with Crippen LogP contribution >= 0.6 is 0 Å². The van der Waals surface area contributed by atoms with Crippen LogP contribution in [-0.2, 0) is 0 Å². The smallest absolute Gasteiger partial charge is 0.316 e. The summed E-state index contributed by atoms with van der Waals surface area (Å²) in [7, 11) is 0. The molecule has 2 rings (SSSR count). The molecule has 0 unspecified atom stereocenters. The van der Waals surface area contributed by atoms with E-state index in [1.807, 2.05) is 0 Å². The van der Waals surface area contributed by atoms with Crippen LogP contribution in [-0.4, -0.2) is 11.9 Å². The number of carbonyl (C=O) groups excluding carboxylic acids is 2. The molecule has 0 aliphatic rings. The lowest BCUT2D eigenvalue weighted by Crippen LogP contribution is -2.27. The highest BCUT2D eigenvalue weighted by Crippen LogP contribution is 2.19. The molecule has 0 radical (unpaired) electrons. The van der Waals surface area contributed by atoms with Gasteiger partial charge in [0.2, 0.25) is 0 Å². The van der Waals surface area contributed by atoms with E-state index in [2.05, 4.69) is 10.6 Å². The highest BCUT2D eigenvalue weighted by Gasteiger charge is 2.15. The number of carbonyl (C=O) groups is 2. The Kier molecular flexibility index (Phi) is 4.90. The minimum Gasteiger partial charge on any atom is -0.351 e. The van der Waals surface area contributed by atoms with E-state index in [4.69, 9.17) is 5.73 Å². The molecule has 1 atom stereocenters. The summed E-state index contributed by atoms with van der Waals surface area (Å²) in [5.74, 6) is -1.88. The molecule has 0 aromatic heterocycles. The van der Waals surface area contributed by atoms with Gasteiger partial charge in [0.1, 0.15) is 11.6 Å². The van der Waals surface area contributed by atoms with Gasteiger partial charge in [0.25, 0.3) is 5.91 Å². The summed E-state index contributed by atoms with van der Waals surface area (Å²) in [5.41, 5.74) is 5.82. The second-order valence-electron chi connectivity index (χ2n) is 4.93. The Morgan fingerprint density at radius 2 is 1.87 bits per heavy atom. The second kappa shape index (κ2) is 6.87. The molecule has 0 bridgehead atoms. The van der Waals surface area contributed by atoms with Crippen LogP contribution in [0.2, 0.25) is 0 Å². The average molecular weight is 319 g/mol. The molecule has 2 aromatic rings. The van der Waals surface area contributed by atoms with Crippen molar-refractivity contribution in [3.63, 3.8) is 0 Å². The molecule has 2 aromatic carbocycles. The number of hydrogen-bond donors (Lipinski definition) is 3. The van der Waals surface area contributed by atoms with Crippen LogP contribution in [0.1, 0.15) is 28.9 Å². The monoisotopic (exact) mass is 319 g/mol. The molecule has 120 valence electrons. The van der Waals surface area contributed by atoms with Crippen molar-refractivity contribution >= 4 is 17.6 Å². The lowest BCUT2D eigenvalue weighted by atomic mass is 10.1. The third kappa shape index (κ3) is 4.26. The number of urea groups is 1. The number of anilines is 1. The standard InChI is InChI=1S/C16H15F2N3O2/c1-9(13-6-5-11(17)8-14(13)18)20-15(22)10-3-2-4-12(7-10)21-16(19)23/h2-9H,1H3,(H,20,22)(H3,19,21,23)/t9-/m0/s1. The summed E-state index contributed by atoms with van der Waals surface area (Å²) in [4.78, 5) is 23.0. The van der Waals surface area contributed by atoms with Crippen molar-refractivity contribution < 1.29 is 18.4 Å². The van der Waals surface area contributed by atoms with Crippen molar-refractivity contribution in [1.29, 1.82) is 0 Å². The summed E-state index contributed by atoms with van der Waals surface area (Å²) >= 11 is 0. The highest BCUT2D eigenvalue weighted by molar-refractivity contribution is 5.96. The number of amides is 3. The Balaban J connectivity index is 2.13. The van der Waals surface area contributed by atoms with E-state index in [1.54, 1.807) is 19.1 Å². The maximum absolute atomic E-state index is 13.7. The van der Waals surface area contributed by atoms with Crippen molar-refractivity contribution in [2.45, 2.75) is 13.0 Å². The summed E-state index contributed by atoms with van der Waals surface area (Å²) in [5, 5.41) is 4.97. The van der Waals surface area contributed by atoms with Crippen LogP contribution in [0.5, 0.6) is 0 Å². The van der Waals surface area contributed by atoms with Gasteiger partial charge in [0.05, 0.1) is 6.04 Å². The first-order valence-electron chi connectivity index (χ1n) is 6.79. The van der Waals surface area contributed by atoms with Crippen molar-refractivity contribution in [3.05, 3.63) is 65.2 Å². The number of benzene rings is 2. The number of rotatable bonds is 4. The molecule has 23 heavy (non-hydrogen) atoms. The van der Waals surface area contributed by atoms with Gasteiger partial charge in [-0.3, -0.25) is 4.79 Å². The highest BCUT2D eigenvalue weighted by atomic mass is 19.1. The lowest BCUT2D eigenvalue weighted by Gasteiger charge is -2.15. The zero-order chi connectivity index (χ0) is 17.0. The number of nitrogens with two attached hydrogens (primary N) is 1. The SMILES string of the molecule is C[C@H](NC(=O)c1cccc(NC(N)=O)c1)c1ccc(F)cc1F. The van der Waals surface area contributed by atoms with Crippen molar-refractivity contribution in [2.24, 2.45) is 5.73 Å². The van der Waals surface area contributed by atoms with E-state index < -0.39 is 29.6 Å². The van der Waals surface area contributed by atoms with Gasteiger partial charge >= 0.3 is 6.03 Å². The Labute approximate surface area is 131 Å². The Bertz CT molecular complexity index is 750. The Morgan fingerprint density at radius 3 is 2.52 bits per heavy atom. The van der Waals surface area contributed by atoms with Gasteiger partial charge in [0, 0.05) is 22.9 Å². The first-order valence-corrected chi connectivity index (χ1v) is 6.79. The molecular formula is C16H15F2N3O2. The van der Waals surface area contributed by atoms with Crippen LogP contribution in [0.4, 0.5) is 19.3 Å². The van der Waals surface area contributed by atoms with Crippen molar-refractivity contribution in [1.82, 2.24) is 5.32 Å². The molecule has 0 saturated carbocycles. The fourth-order valence-corrected chi connectivity index (χ4v) is 2.09. The summed E-state index contributed by atoms with van der Waals surface area (Å²) < 4.78 is 26.6. The van der Waals surface area contributed by atoms with Gasteiger partial charge in [-0.25, -0.2) is 13.6 Å². The quantitative estimate of drug-likeness (QED) is 0.809. The number of primary amides is 1. The van der Waals surface area contributed by atoms with Gasteiger partial charge in [-0.2, -0.15) is 0 Å². The molecule has 0 aliphatic heterocycles. The molecule has 0 saturated heterocycles. The maximum atomic E-state index is 13.7. The normalized spacial score (nSPS) is 11.6. The largest absolute Gasteiger partial charge is 0.351 e. The van der Waals surface area contributed by atoms with Gasteiger partial charge in [-0.1, -0.05) is 12.1 Å². The maximum Gasteiger partial charge on any atom is 0.316 e. The molecule has 0 spiro atoms. The van der Waals surface area contributed by atoms with Crippen LogP contribution in [0, 0.1) is 11.6 Å². The predicted octanol–water partition coefficient (Wildman–Crippen LogP) is 2.95. The van der Waals surface area contributed by atoms with E-state index in [0.29, 0.717) is 5.69 Å². The average Bonchev–Trinajstić information content (AvgIpc) is 2.46. The van der Waals surface area contributed by atoms with Crippen LogP contribution in [0.3, 0.4) is 0 Å². The minimum atomic E-state index is -0.746. The third-order valence-corrected chi connectivity index (χ3v) is 3.17. The van der Waals surface area contributed by atoms with Crippen molar-refractivity contribution in [2.75, 3.05) is 5.32 Å². The fraction of sp³-hybridized carbons (Fsp3) is 0.125. The van der Waals surface area contributed by atoms with Crippen LogP contribution < -0.4 is 16.4 Å². The summed E-state index contributed by atoms with van der Waals surface area (Å²) in [6, 6.07) is 7.88. The first-order chi connectivity index (χ1) is 10.9. The predicted molar refractivity (Wildman–Crippen MR) is 81.9 cm³/mol.